The maximum atomic E-state index is 12.7. The van der Waals surface area contributed by atoms with Crippen molar-refractivity contribution in [2.75, 3.05) is 19.1 Å². The van der Waals surface area contributed by atoms with Crippen LogP contribution in [0.1, 0.15) is 24.4 Å². The molecule has 1 aliphatic rings. The lowest BCUT2D eigenvalue weighted by atomic mass is 9.83. The van der Waals surface area contributed by atoms with Crippen LogP contribution in [0, 0.1) is 10.1 Å². The van der Waals surface area contributed by atoms with Crippen molar-refractivity contribution in [1.29, 1.82) is 0 Å². The number of nitrogens with zero attached hydrogens (tertiary/aromatic N) is 3. The molecule has 1 aromatic heterocycles. The third-order valence-corrected chi connectivity index (χ3v) is 6.25. The highest BCUT2D eigenvalue weighted by Crippen LogP contribution is 2.47. The maximum Gasteiger partial charge on any atom is 0.573 e. The van der Waals surface area contributed by atoms with Crippen LogP contribution < -0.4 is 14.4 Å². The zero-order valence-corrected chi connectivity index (χ0v) is 20.5. The predicted octanol–water partition coefficient (Wildman–Crippen LogP) is 4.10. The smallest absolute Gasteiger partial charge is 0.479 e. The quantitative estimate of drug-likeness (QED) is 0.235. The van der Waals surface area contributed by atoms with Crippen molar-refractivity contribution in [3.8, 4) is 11.5 Å². The number of methoxy groups -OCH3 is 2. The van der Waals surface area contributed by atoms with E-state index in [1.54, 1.807) is 18.0 Å². The minimum absolute atomic E-state index is 0.0387. The van der Waals surface area contributed by atoms with E-state index in [1.807, 2.05) is 0 Å². The first-order valence-electron chi connectivity index (χ1n) is 11.3. The van der Waals surface area contributed by atoms with Gasteiger partial charge in [-0.05, 0) is 37.3 Å². The summed E-state index contributed by atoms with van der Waals surface area (Å²) in [7, 11) is 2.74. The second-order valence-electron chi connectivity index (χ2n) is 8.66. The molecular formula is C24H25F3N4O7. The van der Waals surface area contributed by atoms with E-state index < -0.39 is 41.1 Å². The van der Waals surface area contributed by atoms with Crippen LogP contribution in [0.4, 0.5) is 24.5 Å². The normalized spacial score (nSPS) is 21.1. The van der Waals surface area contributed by atoms with Crippen LogP contribution in [-0.2, 0) is 16.0 Å². The molecule has 4 rings (SSSR count). The fourth-order valence-electron chi connectivity index (χ4n) is 4.58. The average molecular weight is 538 g/mol. The van der Waals surface area contributed by atoms with Gasteiger partial charge in [0.15, 0.2) is 11.9 Å². The number of ether oxygens (including phenoxy) is 4. The Bertz CT molecular complexity index is 1250. The maximum absolute atomic E-state index is 12.7. The largest absolute Gasteiger partial charge is 0.573 e. The zero-order valence-electron chi connectivity index (χ0n) is 20.5. The molecule has 0 aliphatic carbocycles. The molecule has 0 bridgehead atoms. The van der Waals surface area contributed by atoms with Crippen LogP contribution in [0.5, 0.6) is 11.5 Å². The lowest BCUT2D eigenvalue weighted by Gasteiger charge is -2.49. The van der Waals surface area contributed by atoms with Crippen LogP contribution in [0.3, 0.4) is 0 Å². The Hall–Kier alpha value is -3.88. The number of anilines is 1. The van der Waals surface area contributed by atoms with Gasteiger partial charge < -0.3 is 33.9 Å². The molecule has 204 valence electrons. The van der Waals surface area contributed by atoms with E-state index in [9.17, 15) is 28.4 Å². The van der Waals surface area contributed by atoms with Crippen LogP contribution in [0.2, 0.25) is 0 Å². The number of aromatic nitrogens is 2. The molecule has 14 heteroatoms. The van der Waals surface area contributed by atoms with E-state index in [4.69, 9.17) is 14.2 Å². The number of nitrogens with one attached hydrogen (secondary N) is 1. The number of nitro groups is 1. The topological polar surface area (TPSA) is 132 Å². The summed E-state index contributed by atoms with van der Waals surface area (Å²) in [4.78, 5) is 19.8. The molecule has 0 saturated carbocycles. The lowest BCUT2D eigenvalue weighted by molar-refractivity contribution is -0.385. The third-order valence-electron chi connectivity index (χ3n) is 6.25. The number of hydrogen-bond donors (Lipinski definition) is 2. The molecule has 1 aliphatic heterocycles. The van der Waals surface area contributed by atoms with E-state index in [0.717, 1.165) is 12.1 Å². The first-order valence-corrected chi connectivity index (χ1v) is 11.3. The molecule has 0 radical (unpaired) electrons. The van der Waals surface area contributed by atoms with E-state index in [0.29, 0.717) is 11.5 Å². The van der Waals surface area contributed by atoms with Gasteiger partial charge in [-0.25, -0.2) is 4.98 Å². The number of halogens is 3. The fraction of sp³-hybridized carbons (Fsp3) is 0.375. The molecule has 2 N–H and O–H groups in total. The molecule has 0 unspecified atom stereocenters. The molecule has 0 fully saturated rings. The number of fused-ring (bicyclic) bond motifs is 1. The van der Waals surface area contributed by atoms with E-state index >= 15 is 0 Å². The van der Waals surface area contributed by atoms with Crippen molar-refractivity contribution in [1.82, 2.24) is 9.97 Å². The molecular weight excluding hydrogens is 513 g/mol. The molecule has 0 spiro atoms. The molecule has 11 nitrogen and oxygen atoms in total. The Morgan fingerprint density at radius 2 is 1.92 bits per heavy atom. The number of imidazole rings is 1. The van der Waals surface area contributed by atoms with Gasteiger partial charge in [-0.15, -0.1) is 13.2 Å². The number of non-ortho nitro benzene ring substituents is 1. The summed E-state index contributed by atoms with van der Waals surface area (Å²) in [6.45, 7) is 1.61. The summed E-state index contributed by atoms with van der Waals surface area (Å²) in [6, 6.07) is 7.97. The SMILES string of the molecule is COC(OC)[C@]1(C)Oc2ccc([N+](=O)[O-])cc2[C@H](N(Cc2ncc[nH]2)c2ccc(OC(F)(F)F)cc2)[C@H]1O. The molecule has 2 heterocycles. The van der Waals surface area contributed by atoms with Crippen LogP contribution in [0.25, 0.3) is 0 Å². The number of aliphatic hydroxyl groups excluding tert-OH is 1. The van der Waals surface area contributed by atoms with Crippen molar-refractivity contribution >= 4 is 11.4 Å². The third kappa shape index (κ3) is 5.37. The molecule has 3 aromatic rings. The monoisotopic (exact) mass is 538 g/mol. The second kappa shape index (κ2) is 10.5. The number of H-pyrrole nitrogens is 1. The summed E-state index contributed by atoms with van der Waals surface area (Å²) >= 11 is 0. The van der Waals surface area contributed by atoms with Crippen molar-refractivity contribution in [2.45, 2.75) is 43.9 Å². The standard InChI is InChI=1S/C24H25F3N4O7/c1-23(22(35-2)36-3)21(32)20(17-12-15(31(33)34)6-9-18(17)38-23)30(13-19-28-10-11-29-19)14-4-7-16(8-5-14)37-24(25,26)27/h4-12,20-22,32H,13H2,1-3H3,(H,28,29)/t20-,21+,23+/m0/s1. The van der Waals surface area contributed by atoms with Gasteiger partial charge in [0.2, 0.25) is 0 Å². The zero-order chi connectivity index (χ0) is 27.7. The van der Waals surface area contributed by atoms with Crippen LogP contribution in [-0.4, -0.2) is 58.6 Å². The van der Waals surface area contributed by atoms with Crippen molar-refractivity contribution in [3.05, 3.63) is 76.4 Å². The molecule has 3 atom stereocenters. The molecule has 2 aromatic carbocycles. The number of aromatic amines is 1. The molecule has 0 amide bonds. The number of benzene rings is 2. The summed E-state index contributed by atoms with van der Waals surface area (Å²) in [5.74, 6) is 0.253. The molecule has 0 saturated heterocycles. The van der Waals surface area contributed by atoms with Gasteiger partial charge in [0.05, 0.1) is 17.5 Å². The first kappa shape index (κ1) is 27.2. The van der Waals surface area contributed by atoms with Gasteiger partial charge in [-0.3, -0.25) is 10.1 Å². The Morgan fingerprint density at radius 3 is 2.47 bits per heavy atom. The van der Waals surface area contributed by atoms with Crippen molar-refractivity contribution in [2.24, 2.45) is 0 Å². The van der Waals surface area contributed by atoms with Gasteiger partial charge in [0, 0.05) is 50.0 Å². The summed E-state index contributed by atoms with van der Waals surface area (Å²) in [5, 5.41) is 23.3. The summed E-state index contributed by atoms with van der Waals surface area (Å²) in [6.07, 6.45) is -4.24. The summed E-state index contributed by atoms with van der Waals surface area (Å²) in [5.41, 5.74) is -1.10. The van der Waals surface area contributed by atoms with E-state index in [1.165, 1.54) is 50.7 Å². The van der Waals surface area contributed by atoms with Crippen LogP contribution in [0.15, 0.2) is 54.9 Å². The minimum Gasteiger partial charge on any atom is -0.479 e. The molecule has 38 heavy (non-hydrogen) atoms. The van der Waals surface area contributed by atoms with Crippen molar-refractivity contribution < 1.29 is 42.1 Å². The number of nitro benzene ring substituents is 1. The fourth-order valence-corrected chi connectivity index (χ4v) is 4.58. The Labute approximate surface area is 214 Å². The Balaban J connectivity index is 1.87. The number of aliphatic hydroxyl groups is 1. The van der Waals surface area contributed by atoms with Crippen LogP contribution >= 0.6 is 0 Å². The lowest BCUT2D eigenvalue weighted by Crippen LogP contribution is -2.62. The Kier molecular flexibility index (Phi) is 7.49. The van der Waals surface area contributed by atoms with Gasteiger partial charge in [-0.2, -0.15) is 0 Å². The first-order chi connectivity index (χ1) is 18.0. The highest BCUT2D eigenvalue weighted by atomic mass is 19.4. The highest BCUT2D eigenvalue weighted by molar-refractivity contribution is 5.56. The Morgan fingerprint density at radius 1 is 1.24 bits per heavy atom. The minimum atomic E-state index is -4.87. The predicted molar refractivity (Wildman–Crippen MR) is 127 cm³/mol. The van der Waals surface area contributed by atoms with Gasteiger partial charge in [-0.1, -0.05) is 0 Å². The summed E-state index contributed by atoms with van der Waals surface area (Å²) < 4.78 is 59.1. The van der Waals surface area contributed by atoms with Gasteiger partial charge in [0.25, 0.3) is 5.69 Å². The van der Waals surface area contributed by atoms with Crippen molar-refractivity contribution in [3.63, 3.8) is 0 Å². The average Bonchev–Trinajstić information content (AvgIpc) is 3.37. The highest BCUT2D eigenvalue weighted by Gasteiger charge is 2.54. The number of hydrogen-bond acceptors (Lipinski definition) is 9. The van der Waals surface area contributed by atoms with E-state index in [2.05, 4.69) is 14.7 Å². The number of rotatable bonds is 9. The van der Waals surface area contributed by atoms with Gasteiger partial charge >= 0.3 is 6.36 Å². The number of alkyl halides is 3. The van der Waals surface area contributed by atoms with E-state index in [-0.39, 0.29) is 23.5 Å². The van der Waals surface area contributed by atoms with Gasteiger partial charge in [0.1, 0.15) is 23.4 Å². The second-order valence-corrected chi connectivity index (χ2v) is 8.66.